The predicted molar refractivity (Wildman–Crippen MR) is 107 cm³/mol. The van der Waals surface area contributed by atoms with Gasteiger partial charge in [-0.25, -0.2) is 4.79 Å². The van der Waals surface area contributed by atoms with Crippen molar-refractivity contribution in [3.8, 4) is 0 Å². The second kappa shape index (κ2) is 10.5. The molecule has 5 heteroatoms. The largest absolute Gasteiger partial charge is 0.513 e. The molecule has 5 nitrogen and oxygen atoms in total. The quantitative estimate of drug-likeness (QED) is 0.633. The van der Waals surface area contributed by atoms with E-state index in [1.807, 2.05) is 48.5 Å². The first kappa shape index (κ1) is 20.0. The molecule has 0 saturated heterocycles. The molecule has 0 heterocycles. The fourth-order valence-corrected chi connectivity index (χ4v) is 3.26. The predicted octanol–water partition coefficient (Wildman–Crippen LogP) is 4.79. The second-order valence-electron chi connectivity index (χ2n) is 6.70. The second-order valence-corrected chi connectivity index (χ2v) is 6.70. The first-order valence-corrected chi connectivity index (χ1v) is 9.73. The van der Waals surface area contributed by atoms with Crippen LogP contribution < -0.4 is 5.32 Å². The van der Waals surface area contributed by atoms with Gasteiger partial charge in [0, 0.05) is 18.9 Å². The molecule has 28 heavy (non-hydrogen) atoms. The van der Waals surface area contributed by atoms with Crippen LogP contribution in [0.2, 0.25) is 0 Å². The summed E-state index contributed by atoms with van der Waals surface area (Å²) in [5, 5.41) is 3.46. The molecule has 0 bridgehead atoms. The maximum atomic E-state index is 11.8. The van der Waals surface area contributed by atoms with Crippen LogP contribution in [-0.4, -0.2) is 19.4 Å². The Kier molecular flexibility index (Phi) is 7.50. The van der Waals surface area contributed by atoms with E-state index in [-0.39, 0.29) is 5.92 Å². The minimum absolute atomic E-state index is 0.164. The van der Waals surface area contributed by atoms with E-state index >= 15 is 0 Å². The molecular formula is C23H27NO4. The molecular weight excluding hydrogens is 354 g/mol. The van der Waals surface area contributed by atoms with E-state index < -0.39 is 6.16 Å². The number of rotatable bonds is 9. The minimum Gasteiger partial charge on any atom is -0.434 e. The molecule has 1 aliphatic carbocycles. The molecule has 1 atom stereocenters. The van der Waals surface area contributed by atoms with Gasteiger partial charge in [-0.05, 0) is 24.5 Å². The van der Waals surface area contributed by atoms with Crippen molar-refractivity contribution in [2.45, 2.75) is 32.9 Å². The Morgan fingerprint density at radius 2 is 1.71 bits per heavy atom. The molecule has 0 fully saturated rings. The molecule has 2 aromatic carbocycles. The highest BCUT2D eigenvalue weighted by molar-refractivity contribution is 5.61. The van der Waals surface area contributed by atoms with E-state index in [1.165, 1.54) is 5.56 Å². The van der Waals surface area contributed by atoms with E-state index in [0.717, 1.165) is 17.7 Å². The van der Waals surface area contributed by atoms with Crippen LogP contribution in [0.15, 0.2) is 72.1 Å². The summed E-state index contributed by atoms with van der Waals surface area (Å²) in [6, 6.07) is 20.3. The van der Waals surface area contributed by atoms with Crippen molar-refractivity contribution in [1.82, 2.24) is 5.32 Å². The first-order chi connectivity index (χ1) is 13.8. The number of carbonyl (C=O) groups excluding carboxylic acids is 1. The molecule has 3 rings (SSSR count). The molecule has 1 unspecified atom stereocenters. The van der Waals surface area contributed by atoms with Crippen LogP contribution in [-0.2, 0) is 27.4 Å². The van der Waals surface area contributed by atoms with Crippen molar-refractivity contribution in [3.63, 3.8) is 0 Å². The number of nitrogens with one attached hydrogen (secondary N) is 1. The molecule has 0 saturated carbocycles. The topological polar surface area (TPSA) is 56.8 Å². The molecule has 148 valence electrons. The lowest BCUT2D eigenvalue weighted by molar-refractivity contribution is 0.0792. The Balaban J connectivity index is 1.63. The Bertz CT molecular complexity index is 774. The van der Waals surface area contributed by atoms with Crippen LogP contribution in [0.1, 0.15) is 30.9 Å². The number of hydrogen-bond acceptors (Lipinski definition) is 5. The number of allylic oxidation sites excluding steroid dienone is 1. The fourth-order valence-electron chi connectivity index (χ4n) is 3.26. The van der Waals surface area contributed by atoms with E-state index in [1.54, 1.807) is 6.92 Å². The van der Waals surface area contributed by atoms with Gasteiger partial charge in [0.05, 0.1) is 25.5 Å². The zero-order chi connectivity index (χ0) is 19.6. The van der Waals surface area contributed by atoms with E-state index in [2.05, 4.69) is 17.4 Å². The summed E-state index contributed by atoms with van der Waals surface area (Å²) in [7, 11) is 0. The van der Waals surface area contributed by atoms with Crippen molar-refractivity contribution in [2.75, 3.05) is 13.2 Å². The maximum absolute atomic E-state index is 11.8. The molecule has 1 aliphatic rings. The van der Waals surface area contributed by atoms with Crippen molar-refractivity contribution in [2.24, 2.45) is 5.92 Å². The van der Waals surface area contributed by atoms with Gasteiger partial charge in [0.25, 0.3) is 0 Å². The summed E-state index contributed by atoms with van der Waals surface area (Å²) in [5.41, 5.74) is 3.25. The van der Waals surface area contributed by atoms with Gasteiger partial charge in [-0.15, -0.1) is 0 Å². The van der Waals surface area contributed by atoms with Gasteiger partial charge in [0.1, 0.15) is 5.76 Å². The van der Waals surface area contributed by atoms with Gasteiger partial charge in [-0.2, -0.15) is 0 Å². The van der Waals surface area contributed by atoms with Gasteiger partial charge in [-0.3, -0.25) is 0 Å². The average Bonchev–Trinajstić information content (AvgIpc) is 3.09. The van der Waals surface area contributed by atoms with Crippen molar-refractivity contribution >= 4 is 6.16 Å². The lowest BCUT2D eigenvalue weighted by Crippen LogP contribution is -2.22. The smallest absolute Gasteiger partial charge is 0.434 e. The van der Waals surface area contributed by atoms with E-state index in [0.29, 0.717) is 38.5 Å². The van der Waals surface area contributed by atoms with E-state index in [4.69, 9.17) is 14.2 Å². The summed E-state index contributed by atoms with van der Waals surface area (Å²) in [4.78, 5) is 11.8. The molecule has 0 aliphatic heterocycles. The van der Waals surface area contributed by atoms with Crippen LogP contribution in [0.3, 0.4) is 0 Å². The third-order valence-corrected chi connectivity index (χ3v) is 4.65. The van der Waals surface area contributed by atoms with Crippen molar-refractivity contribution in [3.05, 3.63) is 83.2 Å². The van der Waals surface area contributed by atoms with Crippen molar-refractivity contribution < 1.29 is 19.0 Å². The number of ether oxygens (including phenoxy) is 3. The maximum Gasteiger partial charge on any atom is 0.513 e. The van der Waals surface area contributed by atoms with Crippen LogP contribution in [0, 0.1) is 5.92 Å². The number of benzene rings is 2. The SMILES string of the molecule is CCOC(=O)OC1=C(NCc2ccccc2)C(COCc2ccccc2)CC1. The zero-order valence-corrected chi connectivity index (χ0v) is 16.2. The number of hydrogen-bond donors (Lipinski definition) is 1. The highest BCUT2D eigenvalue weighted by Crippen LogP contribution is 2.32. The van der Waals surface area contributed by atoms with Gasteiger partial charge >= 0.3 is 6.16 Å². The summed E-state index contributed by atoms with van der Waals surface area (Å²) in [6.07, 6.45) is 0.915. The molecule has 1 N–H and O–H groups in total. The monoisotopic (exact) mass is 381 g/mol. The number of carbonyl (C=O) groups is 1. The van der Waals surface area contributed by atoms with Gasteiger partial charge in [-0.1, -0.05) is 60.7 Å². The zero-order valence-electron chi connectivity index (χ0n) is 16.2. The summed E-state index contributed by atoms with van der Waals surface area (Å²) >= 11 is 0. The standard InChI is InChI=1S/C23H27NO4/c1-2-27-23(25)28-21-14-13-20(17-26-16-19-11-7-4-8-12-19)22(21)24-15-18-9-5-3-6-10-18/h3-12,20,24H,2,13-17H2,1H3. The Morgan fingerprint density at radius 3 is 2.39 bits per heavy atom. The fraction of sp³-hybridized carbons (Fsp3) is 0.348. The molecule has 0 radical (unpaired) electrons. The van der Waals surface area contributed by atoms with Crippen molar-refractivity contribution in [1.29, 1.82) is 0 Å². The Morgan fingerprint density at radius 1 is 1.04 bits per heavy atom. The van der Waals surface area contributed by atoms with Crippen LogP contribution in [0.4, 0.5) is 4.79 Å². The Hall–Kier alpha value is -2.79. The lowest BCUT2D eigenvalue weighted by atomic mass is 10.1. The molecule has 0 aromatic heterocycles. The molecule has 0 spiro atoms. The van der Waals surface area contributed by atoms with Gasteiger partial charge in [0.2, 0.25) is 0 Å². The third-order valence-electron chi connectivity index (χ3n) is 4.65. The van der Waals surface area contributed by atoms with E-state index in [9.17, 15) is 4.79 Å². The highest BCUT2D eigenvalue weighted by atomic mass is 16.7. The summed E-state index contributed by atoms with van der Waals surface area (Å²) in [5.74, 6) is 0.819. The third kappa shape index (κ3) is 5.86. The summed E-state index contributed by atoms with van der Waals surface area (Å²) < 4.78 is 16.3. The molecule has 2 aromatic rings. The minimum atomic E-state index is -0.651. The lowest BCUT2D eigenvalue weighted by Gasteiger charge is -2.18. The Labute approximate surface area is 166 Å². The normalized spacial score (nSPS) is 16.1. The highest BCUT2D eigenvalue weighted by Gasteiger charge is 2.29. The van der Waals surface area contributed by atoms with Crippen LogP contribution in [0.25, 0.3) is 0 Å². The van der Waals surface area contributed by atoms with Crippen LogP contribution in [0.5, 0.6) is 0 Å². The van der Waals surface area contributed by atoms with Gasteiger partial charge in [0.15, 0.2) is 0 Å². The van der Waals surface area contributed by atoms with Gasteiger partial charge < -0.3 is 19.5 Å². The van der Waals surface area contributed by atoms with Crippen LogP contribution >= 0.6 is 0 Å². The summed E-state index contributed by atoms with van der Waals surface area (Å²) in [6.45, 7) is 3.86. The molecule has 0 amide bonds. The average molecular weight is 381 g/mol. The first-order valence-electron chi connectivity index (χ1n) is 9.73.